The van der Waals surface area contributed by atoms with Crippen molar-refractivity contribution in [3.8, 4) is 12.3 Å². The molecule has 1 aromatic heterocycles. The smallest absolute Gasteiger partial charge is 0.293 e. The van der Waals surface area contributed by atoms with Gasteiger partial charge < -0.3 is 15.1 Å². The van der Waals surface area contributed by atoms with Crippen LogP contribution in [0.4, 0.5) is 0 Å². The first kappa shape index (κ1) is 18.1. The fourth-order valence-electron chi connectivity index (χ4n) is 2.49. The Bertz CT molecular complexity index is 910. The molecule has 5 nitrogen and oxygen atoms in total. The number of Topliss-reactive ketones (excluding diaryl/α,β-unsaturated/α-hetero) is 1. The third-order valence-corrected chi connectivity index (χ3v) is 3.79. The lowest BCUT2D eigenvalue weighted by molar-refractivity contribution is -0.135. The van der Waals surface area contributed by atoms with E-state index in [0.29, 0.717) is 16.8 Å². The number of hydrogen-bond acceptors (Lipinski definition) is 4. The number of benzene rings is 1. The van der Waals surface area contributed by atoms with E-state index < -0.39 is 11.7 Å². The molecule has 0 aliphatic rings. The molecule has 128 valence electrons. The highest BCUT2D eigenvalue weighted by Gasteiger charge is 2.22. The van der Waals surface area contributed by atoms with Crippen molar-refractivity contribution in [2.24, 2.45) is 0 Å². The molecule has 0 fully saturated rings. The molecule has 0 aliphatic carbocycles. The first-order valence-corrected chi connectivity index (χ1v) is 7.78. The fraction of sp³-hybridized carbons (Fsp3) is 0.200. The molecule has 2 N–H and O–H groups in total. The lowest BCUT2D eigenvalue weighted by Crippen LogP contribution is -2.33. The summed E-state index contributed by atoms with van der Waals surface area (Å²) in [4.78, 5) is 24.5. The van der Waals surface area contributed by atoms with Gasteiger partial charge in [-0.2, -0.15) is 0 Å². The molecule has 0 spiro atoms. The number of allylic oxidation sites excluding steroid dienone is 2. The van der Waals surface area contributed by atoms with Crippen LogP contribution in [0.25, 0.3) is 17.0 Å². The molecule has 1 aromatic carbocycles. The molecule has 2 aromatic rings. The van der Waals surface area contributed by atoms with E-state index in [1.54, 1.807) is 27.2 Å². The van der Waals surface area contributed by atoms with Crippen LogP contribution in [-0.2, 0) is 9.59 Å². The molecule has 0 radical (unpaired) electrons. The van der Waals surface area contributed by atoms with Crippen LogP contribution in [0.1, 0.15) is 19.4 Å². The second kappa shape index (κ2) is 8.02. The van der Waals surface area contributed by atoms with E-state index in [4.69, 9.17) is 10.8 Å². The molecule has 25 heavy (non-hydrogen) atoms. The second-order valence-electron chi connectivity index (χ2n) is 5.51. The lowest BCUT2D eigenvalue weighted by Gasteiger charge is -2.12. The van der Waals surface area contributed by atoms with Crippen LogP contribution in [0.2, 0.25) is 0 Å². The SMILES string of the molecule is C#CCNC(=O)C(=O)C(/C(C)=C/c1ccc2occc2c1)=C(\C)NC. The first-order chi connectivity index (χ1) is 12.0. The molecule has 1 amide bonds. The van der Waals surface area contributed by atoms with Gasteiger partial charge in [-0.15, -0.1) is 6.42 Å². The van der Waals surface area contributed by atoms with E-state index in [-0.39, 0.29) is 6.54 Å². The molecular weight excluding hydrogens is 316 g/mol. The Labute approximate surface area is 146 Å². The van der Waals surface area contributed by atoms with Crippen molar-refractivity contribution in [3.63, 3.8) is 0 Å². The van der Waals surface area contributed by atoms with E-state index in [0.717, 1.165) is 16.5 Å². The highest BCUT2D eigenvalue weighted by molar-refractivity contribution is 6.44. The molecule has 2 rings (SSSR count). The van der Waals surface area contributed by atoms with Gasteiger partial charge in [0.15, 0.2) is 0 Å². The van der Waals surface area contributed by atoms with Gasteiger partial charge in [0.05, 0.1) is 12.8 Å². The van der Waals surface area contributed by atoms with Crippen molar-refractivity contribution in [2.45, 2.75) is 13.8 Å². The number of furan rings is 1. The summed E-state index contributed by atoms with van der Waals surface area (Å²) in [5.41, 5.74) is 3.31. The molecular formula is C20H20N2O3. The Morgan fingerprint density at radius 3 is 2.72 bits per heavy atom. The monoisotopic (exact) mass is 336 g/mol. The summed E-state index contributed by atoms with van der Waals surface area (Å²) in [6, 6.07) is 7.59. The standard InChI is InChI=1S/C20H20N2O3/c1-5-9-22-20(24)19(23)18(14(3)21-4)13(2)11-15-6-7-17-16(12-15)8-10-25-17/h1,6-8,10-12,21H,9H2,2-4H3,(H,22,24)/b13-11+,18-14+. The third kappa shape index (κ3) is 4.18. The van der Waals surface area contributed by atoms with Gasteiger partial charge in [0.1, 0.15) is 5.58 Å². The van der Waals surface area contributed by atoms with Crippen molar-refractivity contribution in [3.05, 3.63) is 52.9 Å². The quantitative estimate of drug-likeness (QED) is 0.368. The minimum Gasteiger partial charge on any atom is -0.464 e. The third-order valence-electron chi connectivity index (χ3n) is 3.79. The van der Waals surface area contributed by atoms with Crippen LogP contribution >= 0.6 is 0 Å². The van der Waals surface area contributed by atoms with Crippen molar-refractivity contribution < 1.29 is 14.0 Å². The van der Waals surface area contributed by atoms with Crippen molar-refractivity contribution >= 4 is 28.7 Å². The summed E-state index contributed by atoms with van der Waals surface area (Å²) in [5.74, 6) is 0.933. The second-order valence-corrected chi connectivity index (χ2v) is 5.51. The Morgan fingerprint density at radius 2 is 2.04 bits per heavy atom. The number of ketones is 1. The van der Waals surface area contributed by atoms with E-state index in [2.05, 4.69) is 16.6 Å². The Morgan fingerprint density at radius 1 is 1.28 bits per heavy atom. The van der Waals surface area contributed by atoms with Gasteiger partial charge in [-0.1, -0.05) is 18.1 Å². The Balaban J connectivity index is 2.38. The summed E-state index contributed by atoms with van der Waals surface area (Å²) >= 11 is 0. The molecule has 0 unspecified atom stereocenters. The topological polar surface area (TPSA) is 71.3 Å². The van der Waals surface area contributed by atoms with Crippen LogP contribution in [0.3, 0.4) is 0 Å². The maximum atomic E-state index is 12.5. The van der Waals surface area contributed by atoms with Gasteiger partial charge in [0.2, 0.25) is 0 Å². The van der Waals surface area contributed by atoms with E-state index >= 15 is 0 Å². The molecule has 0 bridgehead atoms. The zero-order valence-electron chi connectivity index (χ0n) is 14.5. The Kier molecular flexibility index (Phi) is 5.80. The van der Waals surface area contributed by atoms with Gasteiger partial charge in [0, 0.05) is 23.7 Å². The van der Waals surface area contributed by atoms with Crippen LogP contribution in [0.15, 0.2) is 51.8 Å². The average Bonchev–Trinajstić information content (AvgIpc) is 3.07. The summed E-state index contributed by atoms with van der Waals surface area (Å²) in [7, 11) is 1.70. The number of rotatable bonds is 6. The van der Waals surface area contributed by atoms with Gasteiger partial charge in [-0.05, 0) is 43.2 Å². The number of fused-ring (bicyclic) bond motifs is 1. The van der Waals surface area contributed by atoms with Crippen molar-refractivity contribution in [2.75, 3.05) is 13.6 Å². The maximum Gasteiger partial charge on any atom is 0.293 e. The molecule has 0 saturated heterocycles. The molecule has 0 saturated carbocycles. The molecule has 1 heterocycles. The van der Waals surface area contributed by atoms with Crippen LogP contribution in [0.5, 0.6) is 0 Å². The van der Waals surface area contributed by atoms with Crippen LogP contribution in [-0.4, -0.2) is 25.3 Å². The first-order valence-electron chi connectivity index (χ1n) is 7.78. The van der Waals surface area contributed by atoms with Gasteiger partial charge in [-0.3, -0.25) is 9.59 Å². The molecule has 0 atom stereocenters. The van der Waals surface area contributed by atoms with Gasteiger partial charge >= 0.3 is 0 Å². The zero-order chi connectivity index (χ0) is 18.4. The lowest BCUT2D eigenvalue weighted by atomic mass is 9.98. The van der Waals surface area contributed by atoms with E-state index in [9.17, 15) is 9.59 Å². The maximum absolute atomic E-state index is 12.5. The van der Waals surface area contributed by atoms with Crippen LogP contribution in [0, 0.1) is 12.3 Å². The molecule has 5 heteroatoms. The Hall–Kier alpha value is -3.26. The number of carbonyl (C=O) groups excluding carboxylic acids is 2. The van der Waals surface area contributed by atoms with Gasteiger partial charge in [0.25, 0.3) is 11.7 Å². The number of terminal acetylenes is 1. The largest absolute Gasteiger partial charge is 0.464 e. The normalized spacial score (nSPS) is 12.3. The summed E-state index contributed by atoms with van der Waals surface area (Å²) < 4.78 is 5.32. The van der Waals surface area contributed by atoms with E-state index in [1.807, 2.05) is 30.3 Å². The van der Waals surface area contributed by atoms with Crippen molar-refractivity contribution in [1.29, 1.82) is 0 Å². The minimum absolute atomic E-state index is 0.0103. The van der Waals surface area contributed by atoms with Gasteiger partial charge in [-0.25, -0.2) is 0 Å². The summed E-state index contributed by atoms with van der Waals surface area (Å²) in [6.45, 7) is 3.55. The highest BCUT2D eigenvalue weighted by atomic mass is 16.3. The summed E-state index contributed by atoms with van der Waals surface area (Å²) in [5, 5.41) is 6.30. The minimum atomic E-state index is -0.722. The zero-order valence-corrected chi connectivity index (χ0v) is 14.5. The average molecular weight is 336 g/mol. The van der Waals surface area contributed by atoms with E-state index in [1.165, 1.54) is 0 Å². The number of carbonyl (C=O) groups is 2. The predicted molar refractivity (Wildman–Crippen MR) is 98.5 cm³/mol. The number of nitrogens with one attached hydrogen (secondary N) is 2. The predicted octanol–water partition coefficient (Wildman–Crippen LogP) is 2.65. The summed E-state index contributed by atoms with van der Waals surface area (Å²) in [6.07, 6.45) is 8.60. The van der Waals surface area contributed by atoms with Crippen LogP contribution < -0.4 is 10.6 Å². The molecule has 0 aliphatic heterocycles. The fourth-order valence-corrected chi connectivity index (χ4v) is 2.49. The number of hydrogen-bond donors (Lipinski definition) is 2. The van der Waals surface area contributed by atoms with Crippen molar-refractivity contribution in [1.82, 2.24) is 10.6 Å². The highest BCUT2D eigenvalue weighted by Crippen LogP contribution is 2.22. The number of amides is 1.